The lowest BCUT2D eigenvalue weighted by Crippen LogP contribution is -2.31. The zero-order valence-corrected chi connectivity index (χ0v) is 38.4. The number of hydrogen-bond acceptors (Lipinski definition) is 2. The van der Waals surface area contributed by atoms with E-state index < -0.39 is 42.3 Å². The Morgan fingerprint density at radius 3 is 1.94 bits per heavy atom. The van der Waals surface area contributed by atoms with Crippen LogP contribution in [0.25, 0.3) is 111 Å². The predicted octanol–water partition coefficient (Wildman–Crippen LogP) is 15.8. The second-order valence-corrected chi connectivity index (χ2v) is 18.4. The highest BCUT2D eigenvalue weighted by Gasteiger charge is 2.22. The van der Waals surface area contributed by atoms with Crippen LogP contribution in [0.5, 0.6) is 0 Å². The molecule has 4 heterocycles. The highest BCUT2D eigenvalue weighted by molar-refractivity contribution is 6.13. The largest absolute Gasteiger partial charge is 0.454 e. The van der Waals surface area contributed by atoms with Gasteiger partial charge in [0.15, 0.2) is 5.58 Å². The van der Waals surface area contributed by atoms with Gasteiger partial charge in [0.2, 0.25) is 0 Å². The molecule has 6 heteroatoms. The van der Waals surface area contributed by atoms with E-state index in [1.54, 1.807) is 22.8 Å². The van der Waals surface area contributed by atoms with Crippen LogP contribution in [0.15, 0.2) is 235 Å². The number of rotatable bonds is 6. The summed E-state index contributed by atoms with van der Waals surface area (Å²) in [6.07, 6.45) is 5.48. The topological polar surface area (TPSA) is 44.7 Å². The number of imidazole rings is 1. The van der Waals surface area contributed by atoms with Crippen LogP contribution in [0.1, 0.15) is 38.7 Å². The molecule has 0 aliphatic rings. The van der Waals surface area contributed by atoms with Gasteiger partial charge >= 0.3 is 0 Å². The summed E-state index contributed by atoms with van der Waals surface area (Å²) in [4.78, 5) is 4.99. The highest BCUT2D eigenvalue weighted by Crippen LogP contribution is 2.39. The molecule has 0 saturated carbocycles. The van der Waals surface area contributed by atoms with E-state index in [9.17, 15) is 0 Å². The first kappa shape index (κ1) is 32.7. The lowest BCUT2D eigenvalue weighted by atomic mass is 9.88. The van der Waals surface area contributed by atoms with Gasteiger partial charge in [0.05, 0.1) is 56.8 Å². The van der Waals surface area contributed by atoms with Gasteiger partial charge in [-0.1, -0.05) is 184 Å². The van der Waals surface area contributed by atoms with Crippen molar-refractivity contribution < 1.29 is 21.3 Å². The van der Waals surface area contributed by atoms with Crippen LogP contribution in [0.2, 0.25) is 0 Å². The molecule has 13 aromatic rings. The summed E-state index contributed by atoms with van der Waals surface area (Å²) in [5, 5.41) is 3.90. The first-order valence-electron chi connectivity index (χ1n) is 27.6. The average molecular weight is 911 g/mol. The summed E-state index contributed by atoms with van der Waals surface area (Å²) in [5.41, 5.74) is 9.65. The van der Waals surface area contributed by atoms with Crippen molar-refractivity contribution in [2.45, 2.75) is 26.2 Å². The van der Waals surface area contributed by atoms with E-state index in [-0.39, 0.29) is 34.2 Å². The Hall–Kier alpha value is -9.00. The number of hydrogen-bond donors (Lipinski definition) is 0. The van der Waals surface area contributed by atoms with Crippen molar-refractivity contribution in [3.05, 3.63) is 242 Å². The van der Waals surface area contributed by atoms with E-state index in [0.29, 0.717) is 39.1 Å². The molecule has 0 fully saturated rings. The molecule has 0 spiro atoms. The molecule has 6 nitrogen and oxygen atoms in total. The van der Waals surface area contributed by atoms with Gasteiger partial charge in [-0.25, -0.2) is 4.98 Å². The van der Waals surface area contributed by atoms with Crippen LogP contribution in [-0.4, -0.2) is 18.7 Å². The number of benzene rings is 9. The molecule has 70 heavy (non-hydrogen) atoms. The SMILES string of the molecule is [2H]c1cc(-c2cccc(-c3c([2H])c([2H])c([2H])c([2H])c3[2H])c2-[n+]2[c-]n(-c3cccc(-n4c5cc6c(cc5oc5ccccc5c5ccccc54)c4ccccc4n6-c4cc(C(C)(C)C)ccn4)c3)c3ccccc32)c([2H])c([2H])c1[2H]. The van der Waals surface area contributed by atoms with Crippen molar-refractivity contribution in [1.29, 1.82) is 0 Å². The molecule has 0 aliphatic heterocycles. The second kappa shape index (κ2) is 16.4. The van der Waals surface area contributed by atoms with Gasteiger partial charge in [0.1, 0.15) is 11.4 Å². The summed E-state index contributed by atoms with van der Waals surface area (Å²) < 4.78 is 94.3. The Morgan fingerprint density at radius 2 is 1.14 bits per heavy atom. The first-order chi connectivity index (χ1) is 38.1. The third-order valence-corrected chi connectivity index (χ3v) is 13.2. The van der Waals surface area contributed by atoms with Crippen molar-refractivity contribution >= 4 is 65.8 Å². The molecule has 4 aromatic heterocycles. The van der Waals surface area contributed by atoms with Crippen molar-refractivity contribution in [3.63, 3.8) is 0 Å². The summed E-state index contributed by atoms with van der Waals surface area (Å²) in [6.45, 7) is 6.60. The fraction of sp³-hybridized carbons (Fsp3) is 0.0625. The summed E-state index contributed by atoms with van der Waals surface area (Å²) in [5.74, 6) is 0.789. The van der Waals surface area contributed by atoms with Crippen LogP contribution in [0, 0.1) is 6.33 Å². The fourth-order valence-corrected chi connectivity index (χ4v) is 9.90. The quantitative estimate of drug-likeness (QED) is 0.123. The Balaban J connectivity index is 1.12. The maximum atomic E-state index is 9.16. The molecule has 334 valence electrons. The normalized spacial score (nSPS) is 13.7. The maximum Gasteiger partial charge on any atom is 0.269 e. The van der Waals surface area contributed by atoms with E-state index in [1.165, 1.54) is 6.07 Å². The standard InChI is InChI=1S/C64H47N5O/c1-64(2,3)45-36-37-65-62(38-45)69-55-32-14-11-27-51(55)53-40-61-59(41-58(53)69)68(54-31-13-10-26-50(54)52-28-12-17-35-60(52)70-61)47-25-18-24-46(39-47)66-42-67(57-34-16-15-33-56(57)66)63-48(43-20-6-4-7-21-43)29-19-30-49(63)44-22-8-5-9-23-44/h4-41H,1-3H3/i4D,5D,6D,7D,8D,9D,20D,21D,22D. The minimum atomic E-state index is -0.542. The van der Waals surface area contributed by atoms with Gasteiger partial charge in [-0.15, -0.1) is 0 Å². The van der Waals surface area contributed by atoms with Crippen molar-refractivity contribution in [3.8, 4) is 45.1 Å². The zero-order valence-electron chi connectivity index (χ0n) is 47.4. The van der Waals surface area contributed by atoms with E-state index in [1.807, 2.05) is 83.6 Å². The monoisotopic (exact) mass is 910 g/mol. The number of pyridine rings is 1. The van der Waals surface area contributed by atoms with Crippen LogP contribution >= 0.6 is 0 Å². The van der Waals surface area contributed by atoms with Crippen LogP contribution in [0.3, 0.4) is 0 Å². The zero-order chi connectivity index (χ0) is 54.8. The third-order valence-electron chi connectivity index (χ3n) is 13.2. The summed E-state index contributed by atoms with van der Waals surface area (Å²) >= 11 is 0. The molecule has 0 bridgehead atoms. The lowest BCUT2D eigenvalue weighted by Gasteiger charge is -2.20. The average Bonchev–Trinajstić information content (AvgIpc) is 4.24. The molecule has 0 saturated heterocycles. The number of fused-ring (bicyclic) bond motifs is 8. The second-order valence-electron chi connectivity index (χ2n) is 18.4. The van der Waals surface area contributed by atoms with Gasteiger partial charge in [-0.05, 0) is 93.9 Å². The molecule has 0 radical (unpaired) electrons. The van der Waals surface area contributed by atoms with E-state index in [2.05, 4.69) is 109 Å². The Bertz CT molecular complexity index is 4760. The Kier molecular flexibility index (Phi) is 7.63. The smallest absolute Gasteiger partial charge is 0.269 e. The Morgan fingerprint density at radius 1 is 0.500 bits per heavy atom. The minimum Gasteiger partial charge on any atom is -0.454 e. The summed E-state index contributed by atoms with van der Waals surface area (Å²) in [7, 11) is 0. The lowest BCUT2D eigenvalue weighted by molar-refractivity contribution is -0.571. The van der Waals surface area contributed by atoms with Crippen LogP contribution in [-0.2, 0) is 5.41 Å². The molecule has 9 aromatic carbocycles. The highest BCUT2D eigenvalue weighted by atomic mass is 16.3. The molecule has 0 amide bonds. The van der Waals surface area contributed by atoms with Gasteiger partial charge in [0, 0.05) is 33.4 Å². The van der Waals surface area contributed by atoms with Gasteiger partial charge < -0.3 is 8.98 Å². The maximum absolute atomic E-state index is 9.16. The first-order valence-corrected chi connectivity index (χ1v) is 23.1. The van der Waals surface area contributed by atoms with Crippen molar-refractivity contribution in [1.82, 2.24) is 18.7 Å². The van der Waals surface area contributed by atoms with E-state index >= 15 is 0 Å². The third kappa shape index (κ3) is 6.79. The van der Waals surface area contributed by atoms with Crippen molar-refractivity contribution in [2.75, 3.05) is 0 Å². The molecule has 0 unspecified atom stereocenters. The molecule has 13 rings (SSSR count). The fourth-order valence-electron chi connectivity index (χ4n) is 9.90. The van der Waals surface area contributed by atoms with E-state index in [4.69, 9.17) is 21.7 Å². The summed E-state index contributed by atoms with van der Waals surface area (Å²) in [6, 6.07) is 51.5. The van der Waals surface area contributed by atoms with Gasteiger partial charge in [-0.2, -0.15) is 0 Å². The molecular formula is C64H47N5O. The minimum absolute atomic E-state index is 0.0764. The number of aromatic nitrogens is 5. The van der Waals surface area contributed by atoms with Gasteiger partial charge in [0.25, 0.3) is 6.33 Å². The van der Waals surface area contributed by atoms with Gasteiger partial charge in [-0.3, -0.25) is 13.7 Å². The number of para-hydroxylation sites is 6. The molecular weight excluding hydrogens is 855 g/mol. The molecule has 0 aliphatic carbocycles. The molecule has 0 N–H and O–H groups in total. The molecule has 0 atom stereocenters. The van der Waals surface area contributed by atoms with Crippen LogP contribution in [0.4, 0.5) is 0 Å². The Labute approximate surface area is 418 Å². The van der Waals surface area contributed by atoms with Crippen molar-refractivity contribution in [2.24, 2.45) is 0 Å². The number of nitrogens with zero attached hydrogens (tertiary/aromatic N) is 5. The van der Waals surface area contributed by atoms with E-state index in [0.717, 1.165) is 60.7 Å². The van der Waals surface area contributed by atoms with Crippen LogP contribution < -0.4 is 4.57 Å². The predicted molar refractivity (Wildman–Crippen MR) is 287 cm³/mol.